The number of rotatable bonds is 3. The van der Waals surface area contributed by atoms with E-state index in [2.05, 4.69) is 15.0 Å². The molecule has 1 saturated heterocycles. The Morgan fingerprint density at radius 3 is 2.91 bits per heavy atom. The van der Waals surface area contributed by atoms with Gasteiger partial charge in [0.15, 0.2) is 11.2 Å². The smallest absolute Gasteiger partial charge is 0.302 e. The fourth-order valence-electron chi connectivity index (χ4n) is 2.86. The quantitative estimate of drug-likeness (QED) is 0.785. The minimum absolute atomic E-state index is 0.0272. The van der Waals surface area contributed by atoms with Gasteiger partial charge in [-0.05, 0) is 5.92 Å². The van der Waals surface area contributed by atoms with E-state index in [0.29, 0.717) is 5.65 Å². The molecular formula is C14H19N5O4. The Morgan fingerprint density at radius 1 is 1.48 bits per heavy atom. The van der Waals surface area contributed by atoms with E-state index in [1.807, 2.05) is 13.8 Å². The summed E-state index contributed by atoms with van der Waals surface area (Å²) >= 11 is 0. The van der Waals surface area contributed by atoms with E-state index >= 15 is 0 Å². The molecule has 2 aromatic rings. The summed E-state index contributed by atoms with van der Waals surface area (Å²) in [6.07, 6.45) is 0.939. The molecule has 0 amide bonds. The molecule has 4 atom stereocenters. The molecule has 124 valence electrons. The number of fused-ring (bicyclic) bond motifs is 1. The first kappa shape index (κ1) is 15.5. The lowest BCUT2D eigenvalue weighted by atomic mass is 9.93. The van der Waals surface area contributed by atoms with Gasteiger partial charge in [0.2, 0.25) is 5.95 Å². The number of esters is 1. The topological polar surface area (TPSA) is 125 Å². The summed E-state index contributed by atoms with van der Waals surface area (Å²) in [7, 11) is 0. The molecule has 9 heteroatoms. The van der Waals surface area contributed by atoms with Crippen molar-refractivity contribution in [3.8, 4) is 0 Å². The second-order valence-electron chi connectivity index (χ2n) is 5.86. The standard InChI is InChI=1S/C14H19N5O4/c1-6-7(2)13(23-9(6)4-22-8(3)20)19-5-16-10-11(19)17-14(15)18-12(10)21/h5-7,9,13H,4H2,1-3H3,(H3,15,17,18,21). The van der Waals surface area contributed by atoms with Gasteiger partial charge in [-0.3, -0.25) is 19.1 Å². The third-order valence-electron chi connectivity index (χ3n) is 4.36. The Labute approximate surface area is 131 Å². The number of anilines is 1. The number of ether oxygens (including phenoxy) is 2. The molecule has 0 saturated carbocycles. The van der Waals surface area contributed by atoms with E-state index in [1.165, 1.54) is 13.3 Å². The normalized spacial score (nSPS) is 27.4. The van der Waals surface area contributed by atoms with Gasteiger partial charge in [-0.1, -0.05) is 13.8 Å². The number of aromatic amines is 1. The fourth-order valence-corrected chi connectivity index (χ4v) is 2.86. The molecule has 1 aliphatic rings. The summed E-state index contributed by atoms with van der Waals surface area (Å²) in [4.78, 5) is 33.5. The maximum atomic E-state index is 11.9. The highest BCUT2D eigenvalue weighted by atomic mass is 16.6. The molecule has 0 bridgehead atoms. The molecule has 2 aromatic heterocycles. The second-order valence-corrected chi connectivity index (χ2v) is 5.86. The van der Waals surface area contributed by atoms with Gasteiger partial charge in [-0.2, -0.15) is 4.98 Å². The first-order chi connectivity index (χ1) is 10.9. The molecule has 0 aliphatic carbocycles. The number of nitrogens with two attached hydrogens (primary N) is 1. The number of carbonyl (C=O) groups excluding carboxylic acids is 1. The molecule has 3 heterocycles. The lowest BCUT2D eigenvalue weighted by Gasteiger charge is -2.17. The molecule has 1 fully saturated rings. The second kappa shape index (κ2) is 5.65. The predicted molar refractivity (Wildman–Crippen MR) is 81.4 cm³/mol. The van der Waals surface area contributed by atoms with Crippen LogP contribution in [0.5, 0.6) is 0 Å². The van der Waals surface area contributed by atoms with E-state index in [1.54, 1.807) is 4.57 Å². The van der Waals surface area contributed by atoms with Gasteiger partial charge in [0.25, 0.3) is 5.56 Å². The molecular weight excluding hydrogens is 302 g/mol. The van der Waals surface area contributed by atoms with Crippen LogP contribution in [0.15, 0.2) is 11.1 Å². The van der Waals surface area contributed by atoms with Gasteiger partial charge >= 0.3 is 5.97 Å². The third-order valence-corrected chi connectivity index (χ3v) is 4.36. The number of carbonyl (C=O) groups is 1. The summed E-state index contributed by atoms with van der Waals surface area (Å²) in [6, 6.07) is 0. The monoisotopic (exact) mass is 321 g/mol. The Bertz CT molecular complexity index is 798. The Kier molecular flexibility index (Phi) is 3.80. The first-order valence-corrected chi connectivity index (χ1v) is 7.39. The highest BCUT2D eigenvalue weighted by Gasteiger charge is 2.41. The van der Waals surface area contributed by atoms with Crippen molar-refractivity contribution in [1.29, 1.82) is 0 Å². The van der Waals surface area contributed by atoms with Crippen LogP contribution in [0.3, 0.4) is 0 Å². The van der Waals surface area contributed by atoms with E-state index in [4.69, 9.17) is 15.2 Å². The fraction of sp³-hybridized carbons (Fsp3) is 0.571. The summed E-state index contributed by atoms with van der Waals surface area (Å²) in [5, 5.41) is 0. The minimum atomic E-state index is -0.388. The number of nitrogen functional groups attached to an aromatic ring is 1. The van der Waals surface area contributed by atoms with Gasteiger partial charge in [-0.15, -0.1) is 0 Å². The average molecular weight is 321 g/mol. The van der Waals surface area contributed by atoms with Crippen molar-refractivity contribution in [3.05, 3.63) is 16.7 Å². The minimum Gasteiger partial charge on any atom is -0.463 e. The van der Waals surface area contributed by atoms with Crippen molar-refractivity contribution < 1.29 is 14.3 Å². The van der Waals surface area contributed by atoms with Crippen molar-refractivity contribution in [2.24, 2.45) is 11.8 Å². The van der Waals surface area contributed by atoms with Crippen LogP contribution in [0, 0.1) is 11.8 Å². The van der Waals surface area contributed by atoms with Crippen LogP contribution in [0.1, 0.15) is 27.0 Å². The van der Waals surface area contributed by atoms with Crippen molar-refractivity contribution in [3.63, 3.8) is 0 Å². The highest BCUT2D eigenvalue weighted by molar-refractivity contribution is 5.70. The Hall–Kier alpha value is -2.42. The number of nitrogens with one attached hydrogen (secondary N) is 1. The Balaban J connectivity index is 1.93. The summed E-state index contributed by atoms with van der Waals surface area (Å²) in [5.41, 5.74) is 5.82. The maximum absolute atomic E-state index is 11.9. The lowest BCUT2D eigenvalue weighted by molar-refractivity contribution is -0.146. The van der Waals surface area contributed by atoms with E-state index < -0.39 is 0 Å². The molecule has 0 spiro atoms. The Morgan fingerprint density at radius 2 is 2.22 bits per heavy atom. The van der Waals surface area contributed by atoms with Gasteiger partial charge < -0.3 is 15.2 Å². The van der Waals surface area contributed by atoms with Crippen molar-refractivity contribution >= 4 is 23.1 Å². The van der Waals surface area contributed by atoms with Gasteiger partial charge in [0.1, 0.15) is 12.8 Å². The summed E-state index contributed by atoms with van der Waals surface area (Å²) < 4.78 is 12.8. The molecule has 3 rings (SSSR count). The van der Waals surface area contributed by atoms with Crippen LogP contribution in [-0.4, -0.2) is 38.2 Å². The largest absolute Gasteiger partial charge is 0.463 e. The maximum Gasteiger partial charge on any atom is 0.302 e. The molecule has 3 N–H and O–H groups in total. The lowest BCUT2D eigenvalue weighted by Crippen LogP contribution is -2.23. The summed E-state index contributed by atoms with van der Waals surface area (Å²) in [6.45, 7) is 5.63. The number of hydrogen-bond donors (Lipinski definition) is 2. The zero-order valence-corrected chi connectivity index (χ0v) is 13.1. The van der Waals surface area contributed by atoms with Crippen LogP contribution in [0.4, 0.5) is 5.95 Å². The SMILES string of the molecule is CC(=O)OCC1OC(n2cnc3c(=O)[nH]c(N)nc32)C(C)C1C. The molecule has 4 unspecified atom stereocenters. The van der Waals surface area contributed by atoms with Crippen molar-refractivity contribution in [1.82, 2.24) is 19.5 Å². The number of hydrogen-bond acceptors (Lipinski definition) is 7. The van der Waals surface area contributed by atoms with Gasteiger partial charge in [0.05, 0.1) is 12.4 Å². The van der Waals surface area contributed by atoms with E-state index in [9.17, 15) is 9.59 Å². The molecule has 1 aliphatic heterocycles. The number of H-pyrrole nitrogens is 1. The van der Waals surface area contributed by atoms with Crippen LogP contribution in [-0.2, 0) is 14.3 Å². The molecule has 23 heavy (non-hydrogen) atoms. The van der Waals surface area contributed by atoms with E-state index in [-0.39, 0.29) is 53.8 Å². The third kappa shape index (κ3) is 2.67. The number of aromatic nitrogens is 4. The van der Waals surface area contributed by atoms with Crippen LogP contribution >= 0.6 is 0 Å². The van der Waals surface area contributed by atoms with Gasteiger partial charge in [-0.25, -0.2) is 4.98 Å². The van der Waals surface area contributed by atoms with Crippen molar-refractivity contribution in [2.75, 3.05) is 12.3 Å². The highest BCUT2D eigenvalue weighted by Crippen LogP contribution is 2.39. The number of nitrogens with zero attached hydrogens (tertiary/aromatic N) is 3. The van der Waals surface area contributed by atoms with Crippen molar-refractivity contribution in [2.45, 2.75) is 33.1 Å². The van der Waals surface area contributed by atoms with Crippen LogP contribution in [0.25, 0.3) is 11.2 Å². The van der Waals surface area contributed by atoms with Gasteiger partial charge in [0, 0.05) is 12.8 Å². The summed E-state index contributed by atoms with van der Waals surface area (Å²) in [5.74, 6) is -0.0308. The average Bonchev–Trinajstić information content (AvgIpc) is 3.00. The van der Waals surface area contributed by atoms with Crippen LogP contribution < -0.4 is 11.3 Å². The predicted octanol–water partition coefficient (Wildman–Crippen LogP) is 0.434. The molecule has 0 aromatic carbocycles. The number of imidazole rings is 1. The zero-order valence-electron chi connectivity index (χ0n) is 13.1. The molecule has 0 radical (unpaired) electrons. The molecule has 9 nitrogen and oxygen atoms in total. The first-order valence-electron chi connectivity index (χ1n) is 7.39. The zero-order chi connectivity index (χ0) is 16.7. The van der Waals surface area contributed by atoms with E-state index in [0.717, 1.165) is 0 Å². The van der Waals surface area contributed by atoms with Crippen LogP contribution in [0.2, 0.25) is 0 Å².